The predicted molar refractivity (Wildman–Crippen MR) is 77.1 cm³/mol. The van der Waals surface area contributed by atoms with E-state index in [4.69, 9.17) is 5.84 Å². The first-order valence-electron chi connectivity index (χ1n) is 6.37. The van der Waals surface area contributed by atoms with Crippen molar-refractivity contribution in [2.75, 3.05) is 17.3 Å². The molecule has 0 radical (unpaired) electrons. The second-order valence-electron chi connectivity index (χ2n) is 4.95. The number of aliphatic hydroxyl groups excluding tert-OH is 1. The number of hydrogen-bond donors (Lipinski definition) is 4. The third-order valence-corrected chi connectivity index (χ3v) is 4.51. The van der Waals surface area contributed by atoms with Crippen molar-refractivity contribution in [3.05, 3.63) is 11.4 Å². The number of hydrogen-bond acceptors (Lipinski definition) is 7. The van der Waals surface area contributed by atoms with Crippen molar-refractivity contribution in [3.8, 4) is 0 Å². The maximum atomic E-state index is 9.68. The van der Waals surface area contributed by atoms with Crippen LogP contribution in [-0.2, 0) is 0 Å². The minimum atomic E-state index is -0.255. The van der Waals surface area contributed by atoms with E-state index >= 15 is 0 Å². The first-order valence-corrected chi connectivity index (χ1v) is 7.25. The molecule has 2 heterocycles. The van der Waals surface area contributed by atoms with Gasteiger partial charge in [-0.1, -0.05) is 12.8 Å². The topological polar surface area (TPSA) is 96.1 Å². The van der Waals surface area contributed by atoms with Crippen LogP contribution in [0.25, 0.3) is 10.2 Å². The number of nitrogens with one attached hydrogen (secondary N) is 2. The third kappa shape index (κ3) is 2.24. The minimum Gasteiger partial charge on any atom is -0.394 e. The lowest BCUT2D eigenvalue weighted by Crippen LogP contribution is -2.39. The largest absolute Gasteiger partial charge is 0.394 e. The molecule has 3 rings (SSSR count). The zero-order valence-corrected chi connectivity index (χ0v) is 11.3. The SMILES string of the molecule is NNc1nc(NC2(CO)CCCC2)c2ccsc2n1. The van der Waals surface area contributed by atoms with E-state index in [0.29, 0.717) is 5.95 Å². The fraction of sp³-hybridized carbons (Fsp3) is 0.500. The normalized spacial score (nSPS) is 17.8. The fourth-order valence-electron chi connectivity index (χ4n) is 2.64. The molecule has 102 valence electrons. The van der Waals surface area contributed by atoms with Gasteiger partial charge in [-0.15, -0.1) is 11.3 Å². The number of nitrogens with zero attached hydrogens (tertiary/aromatic N) is 2. The number of fused-ring (bicyclic) bond motifs is 1. The molecule has 7 heteroatoms. The molecule has 6 nitrogen and oxygen atoms in total. The summed E-state index contributed by atoms with van der Waals surface area (Å²) in [7, 11) is 0. The number of thiophene rings is 1. The van der Waals surface area contributed by atoms with Crippen molar-refractivity contribution in [1.29, 1.82) is 0 Å². The molecule has 0 bridgehead atoms. The van der Waals surface area contributed by atoms with Gasteiger partial charge in [0, 0.05) is 0 Å². The van der Waals surface area contributed by atoms with Crippen molar-refractivity contribution < 1.29 is 5.11 Å². The summed E-state index contributed by atoms with van der Waals surface area (Å²) in [6, 6.07) is 1.99. The second kappa shape index (κ2) is 4.92. The fourth-order valence-corrected chi connectivity index (χ4v) is 3.40. The highest BCUT2D eigenvalue weighted by Gasteiger charge is 2.34. The van der Waals surface area contributed by atoms with E-state index in [1.807, 2.05) is 11.4 Å². The lowest BCUT2D eigenvalue weighted by atomic mass is 9.99. The quantitative estimate of drug-likeness (QED) is 0.502. The average Bonchev–Trinajstić information content (AvgIpc) is 3.07. The smallest absolute Gasteiger partial charge is 0.240 e. The van der Waals surface area contributed by atoms with Gasteiger partial charge in [0.1, 0.15) is 10.6 Å². The lowest BCUT2D eigenvalue weighted by Gasteiger charge is -2.29. The number of anilines is 2. The Morgan fingerprint density at radius 3 is 2.84 bits per heavy atom. The molecule has 0 amide bonds. The monoisotopic (exact) mass is 279 g/mol. The standard InChI is InChI=1S/C12H17N5OS/c13-17-11-14-9(8-3-6-19-10(8)15-11)16-12(7-18)4-1-2-5-12/h3,6,18H,1-2,4-5,7,13H2,(H2,14,15,16,17). The van der Waals surface area contributed by atoms with Crippen LogP contribution in [-0.4, -0.2) is 27.2 Å². The van der Waals surface area contributed by atoms with Crippen molar-refractivity contribution >= 4 is 33.3 Å². The second-order valence-corrected chi connectivity index (χ2v) is 5.84. The predicted octanol–water partition coefficient (Wildman–Crippen LogP) is 1.69. The van der Waals surface area contributed by atoms with Gasteiger partial charge in [-0.25, -0.2) is 10.8 Å². The molecule has 19 heavy (non-hydrogen) atoms. The molecule has 0 saturated heterocycles. The highest BCUT2D eigenvalue weighted by molar-refractivity contribution is 7.16. The molecule has 0 aliphatic heterocycles. The molecule has 1 aliphatic rings. The van der Waals surface area contributed by atoms with E-state index in [1.165, 1.54) is 0 Å². The van der Waals surface area contributed by atoms with E-state index in [9.17, 15) is 5.11 Å². The molecule has 2 aromatic rings. The third-order valence-electron chi connectivity index (χ3n) is 3.70. The van der Waals surface area contributed by atoms with Gasteiger partial charge < -0.3 is 10.4 Å². The van der Waals surface area contributed by atoms with Crippen LogP contribution in [0.15, 0.2) is 11.4 Å². The van der Waals surface area contributed by atoms with E-state index in [1.54, 1.807) is 11.3 Å². The summed E-state index contributed by atoms with van der Waals surface area (Å²) in [5, 5.41) is 16.1. The van der Waals surface area contributed by atoms with Crippen molar-refractivity contribution in [1.82, 2.24) is 9.97 Å². The van der Waals surface area contributed by atoms with Gasteiger partial charge in [-0.05, 0) is 24.3 Å². The van der Waals surface area contributed by atoms with Gasteiger partial charge in [0.05, 0.1) is 17.5 Å². The zero-order valence-electron chi connectivity index (χ0n) is 10.5. The molecule has 1 aliphatic carbocycles. The summed E-state index contributed by atoms with van der Waals surface area (Å²) in [5.41, 5.74) is 2.23. The number of nitrogens with two attached hydrogens (primary N) is 1. The molecule has 0 spiro atoms. The molecule has 2 aromatic heterocycles. The van der Waals surface area contributed by atoms with Gasteiger partial charge >= 0.3 is 0 Å². The minimum absolute atomic E-state index is 0.119. The van der Waals surface area contributed by atoms with Crippen molar-refractivity contribution in [2.24, 2.45) is 5.84 Å². The van der Waals surface area contributed by atoms with Gasteiger partial charge in [0.25, 0.3) is 0 Å². The van der Waals surface area contributed by atoms with Crippen LogP contribution in [0.2, 0.25) is 0 Å². The maximum absolute atomic E-state index is 9.68. The lowest BCUT2D eigenvalue weighted by molar-refractivity contribution is 0.214. The maximum Gasteiger partial charge on any atom is 0.240 e. The zero-order chi connectivity index (χ0) is 13.3. The van der Waals surface area contributed by atoms with Crippen LogP contribution >= 0.6 is 11.3 Å². The molecular formula is C12H17N5OS. The van der Waals surface area contributed by atoms with E-state index in [0.717, 1.165) is 41.7 Å². The van der Waals surface area contributed by atoms with Crippen LogP contribution in [0, 0.1) is 0 Å². The number of rotatable bonds is 4. The van der Waals surface area contributed by atoms with Crippen molar-refractivity contribution in [2.45, 2.75) is 31.2 Å². The Labute approximate surface area is 115 Å². The molecule has 5 N–H and O–H groups in total. The van der Waals surface area contributed by atoms with Crippen LogP contribution in [0.1, 0.15) is 25.7 Å². The van der Waals surface area contributed by atoms with E-state index in [2.05, 4.69) is 20.7 Å². The molecule has 0 aromatic carbocycles. The molecule has 0 atom stereocenters. The van der Waals surface area contributed by atoms with Crippen molar-refractivity contribution in [3.63, 3.8) is 0 Å². The first-order chi connectivity index (χ1) is 9.26. The first kappa shape index (κ1) is 12.6. The van der Waals surface area contributed by atoms with Crippen LogP contribution in [0.5, 0.6) is 0 Å². The molecule has 1 saturated carbocycles. The number of nitrogen functional groups attached to an aromatic ring is 1. The highest BCUT2D eigenvalue weighted by atomic mass is 32.1. The Hall–Kier alpha value is -1.44. The molecule has 1 fully saturated rings. The summed E-state index contributed by atoms with van der Waals surface area (Å²) in [6.07, 6.45) is 4.19. The Morgan fingerprint density at radius 1 is 1.37 bits per heavy atom. The highest BCUT2D eigenvalue weighted by Crippen LogP contribution is 2.35. The Kier molecular flexibility index (Phi) is 3.26. The summed E-state index contributed by atoms with van der Waals surface area (Å²) < 4.78 is 0. The summed E-state index contributed by atoms with van der Waals surface area (Å²) in [4.78, 5) is 9.58. The Balaban J connectivity index is 2.01. The Morgan fingerprint density at radius 2 is 2.16 bits per heavy atom. The number of hydrazine groups is 1. The summed E-state index contributed by atoms with van der Waals surface area (Å²) >= 11 is 1.55. The van der Waals surface area contributed by atoms with Crippen LogP contribution < -0.4 is 16.6 Å². The number of aliphatic hydroxyl groups is 1. The summed E-state index contributed by atoms with van der Waals surface area (Å²) in [6.45, 7) is 0.119. The van der Waals surface area contributed by atoms with E-state index in [-0.39, 0.29) is 12.1 Å². The Bertz CT molecular complexity index is 579. The van der Waals surface area contributed by atoms with E-state index < -0.39 is 0 Å². The van der Waals surface area contributed by atoms with Gasteiger partial charge in [-0.3, -0.25) is 5.43 Å². The van der Waals surface area contributed by atoms with Gasteiger partial charge in [-0.2, -0.15) is 4.98 Å². The molecular weight excluding hydrogens is 262 g/mol. The van der Waals surface area contributed by atoms with Crippen LogP contribution in [0.3, 0.4) is 0 Å². The van der Waals surface area contributed by atoms with Gasteiger partial charge in [0.15, 0.2) is 0 Å². The number of aromatic nitrogens is 2. The summed E-state index contributed by atoms with van der Waals surface area (Å²) in [5.74, 6) is 6.54. The van der Waals surface area contributed by atoms with Crippen LogP contribution in [0.4, 0.5) is 11.8 Å². The molecule has 0 unspecified atom stereocenters. The average molecular weight is 279 g/mol. The van der Waals surface area contributed by atoms with Gasteiger partial charge in [0.2, 0.25) is 5.95 Å².